The third-order valence-corrected chi connectivity index (χ3v) is 7.41. The Morgan fingerprint density at radius 3 is 2.00 bits per heavy atom. The lowest BCUT2D eigenvalue weighted by Crippen LogP contribution is -2.20. The molecule has 0 saturated heterocycles. The molecule has 4 rings (SSSR count). The third-order valence-electron chi connectivity index (χ3n) is 6.49. The highest BCUT2D eigenvalue weighted by Crippen LogP contribution is 2.31. The number of ether oxygens (including phenoxy) is 1. The fraction of sp³-hybridized carbons (Fsp3) is 0.312. The predicted molar refractivity (Wildman–Crippen MR) is 164 cm³/mol. The molecule has 0 atom stereocenters. The molecule has 208 valence electrons. The zero-order valence-electron chi connectivity index (χ0n) is 24.2. The molecule has 1 amide bonds. The summed E-state index contributed by atoms with van der Waals surface area (Å²) < 4.78 is 7.30. The molecule has 0 aliphatic rings. The van der Waals surface area contributed by atoms with Crippen molar-refractivity contribution in [1.29, 1.82) is 0 Å². The second-order valence-corrected chi connectivity index (χ2v) is 12.6. The van der Waals surface area contributed by atoms with Crippen molar-refractivity contribution in [3.63, 3.8) is 0 Å². The van der Waals surface area contributed by atoms with Crippen LogP contribution in [0.2, 0.25) is 0 Å². The van der Waals surface area contributed by atoms with E-state index in [0.717, 1.165) is 22.6 Å². The van der Waals surface area contributed by atoms with Gasteiger partial charge in [0.2, 0.25) is 0 Å². The summed E-state index contributed by atoms with van der Waals surface area (Å²) in [4.78, 5) is 12.6. The molecule has 0 radical (unpaired) electrons. The molecule has 0 aliphatic heterocycles. The average Bonchev–Trinajstić information content (AvgIpc) is 3.35. The van der Waals surface area contributed by atoms with Gasteiger partial charge in [0, 0.05) is 11.3 Å². The molecule has 3 aromatic carbocycles. The van der Waals surface area contributed by atoms with Gasteiger partial charge < -0.3 is 4.74 Å². The summed E-state index contributed by atoms with van der Waals surface area (Å²) in [5.41, 5.74) is 7.97. The van der Waals surface area contributed by atoms with Gasteiger partial charge >= 0.3 is 0 Å². The molecule has 1 heterocycles. The molecule has 1 aromatic heterocycles. The maximum Gasteiger partial charge on any atom is 0.250 e. The lowest BCUT2D eigenvalue weighted by molar-refractivity contribution is -0.118. The minimum atomic E-state index is -0.229. The minimum Gasteiger partial charge on any atom is -0.497 e. The summed E-state index contributed by atoms with van der Waals surface area (Å²) in [5, 5.41) is 13.7. The fourth-order valence-electron chi connectivity index (χ4n) is 4.04. The zero-order chi connectivity index (χ0) is 28.9. The van der Waals surface area contributed by atoms with Crippen molar-refractivity contribution < 1.29 is 9.53 Å². The van der Waals surface area contributed by atoms with E-state index in [-0.39, 0.29) is 22.5 Å². The average molecular weight is 556 g/mol. The number of methoxy groups -OCH3 is 1. The van der Waals surface area contributed by atoms with Crippen LogP contribution in [0.3, 0.4) is 0 Å². The molecular weight excluding hydrogens is 518 g/mol. The Labute approximate surface area is 241 Å². The van der Waals surface area contributed by atoms with Gasteiger partial charge in [-0.1, -0.05) is 102 Å². The van der Waals surface area contributed by atoms with Gasteiger partial charge in [-0.15, -0.1) is 10.2 Å². The van der Waals surface area contributed by atoms with Gasteiger partial charge in [-0.25, -0.2) is 5.43 Å². The Balaban J connectivity index is 1.50. The lowest BCUT2D eigenvalue weighted by Gasteiger charge is -2.19. The van der Waals surface area contributed by atoms with Gasteiger partial charge in [-0.05, 0) is 51.8 Å². The first-order chi connectivity index (χ1) is 19.0. The molecule has 7 nitrogen and oxygen atoms in total. The number of thioether (sulfide) groups is 1. The van der Waals surface area contributed by atoms with Gasteiger partial charge in [0.05, 0.1) is 19.1 Å². The van der Waals surface area contributed by atoms with E-state index >= 15 is 0 Å². The van der Waals surface area contributed by atoms with Gasteiger partial charge in [0.1, 0.15) is 5.75 Å². The van der Waals surface area contributed by atoms with Gasteiger partial charge in [0.25, 0.3) is 5.91 Å². The monoisotopic (exact) mass is 555 g/mol. The second-order valence-electron chi connectivity index (χ2n) is 11.6. The number of rotatable bonds is 8. The summed E-state index contributed by atoms with van der Waals surface area (Å²) >= 11 is 1.31. The molecular formula is C32H37N5O2S. The first-order valence-corrected chi connectivity index (χ1v) is 14.2. The van der Waals surface area contributed by atoms with Crippen LogP contribution in [-0.2, 0) is 15.6 Å². The van der Waals surface area contributed by atoms with Crippen LogP contribution in [-0.4, -0.2) is 39.7 Å². The number of amides is 1. The number of benzene rings is 3. The molecule has 0 fully saturated rings. The number of hydrazone groups is 1. The number of carbonyl (C=O) groups excluding carboxylic acids is 1. The number of hydrogen-bond donors (Lipinski definition) is 1. The van der Waals surface area contributed by atoms with E-state index in [1.165, 1.54) is 22.9 Å². The van der Waals surface area contributed by atoms with E-state index in [4.69, 9.17) is 4.74 Å². The Morgan fingerprint density at radius 2 is 1.45 bits per heavy atom. The molecule has 0 aliphatic carbocycles. The SMILES string of the molecule is COc1ccc(-n2c(SCC(=O)N/N=C/c3ccc(C(C)(C)C)cc3)nnc2-c2ccc(C(C)(C)C)cc2)cc1. The number of carbonyl (C=O) groups is 1. The lowest BCUT2D eigenvalue weighted by atomic mass is 9.87. The van der Waals surface area contributed by atoms with E-state index < -0.39 is 0 Å². The summed E-state index contributed by atoms with van der Waals surface area (Å²) in [6, 6.07) is 24.2. The first kappa shape index (κ1) is 29.1. The topological polar surface area (TPSA) is 81.4 Å². The maximum atomic E-state index is 12.6. The molecule has 0 spiro atoms. The van der Waals surface area contributed by atoms with E-state index in [1.54, 1.807) is 13.3 Å². The molecule has 4 aromatic rings. The van der Waals surface area contributed by atoms with Crippen LogP contribution >= 0.6 is 11.8 Å². The summed E-state index contributed by atoms with van der Waals surface area (Å²) in [7, 11) is 1.64. The Bertz CT molecular complexity index is 1460. The number of nitrogens with zero attached hydrogens (tertiary/aromatic N) is 4. The fourth-order valence-corrected chi connectivity index (χ4v) is 4.79. The standard InChI is InChI=1S/C32H37N5O2S/c1-31(2,3)24-12-8-22(9-13-24)20-33-34-28(38)21-40-30-36-35-29(23-10-14-25(15-11-23)32(4,5)6)37(30)26-16-18-27(39-7)19-17-26/h8-20H,21H2,1-7H3,(H,34,38)/b33-20+. The van der Waals surface area contributed by atoms with Gasteiger partial charge in [-0.3, -0.25) is 9.36 Å². The van der Waals surface area contributed by atoms with E-state index in [2.05, 4.69) is 98.7 Å². The van der Waals surface area contributed by atoms with Gasteiger partial charge in [0.15, 0.2) is 11.0 Å². The molecule has 40 heavy (non-hydrogen) atoms. The molecule has 0 bridgehead atoms. The smallest absolute Gasteiger partial charge is 0.250 e. The maximum absolute atomic E-state index is 12.6. The van der Waals surface area contributed by atoms with Crippen molar-refractivity contribution in [2.24, 2.45) is 5.10 Å². The Kier molecular flexibility index (Phi) is 8.79. The number of nitrogens with one attached hydrogen (secondary N) is 1. The van der Waals surface area contributed by atoms with Crippen LogP contribution in [0.15, 0.2) is 83.1 Å². The number of hydrogen-bond acceptors (Lipinski definition) is 6. The second kappa shape index (κ2) is 12.1. The largest absolute Gasteiger partial charge is 0.497 e. The van der Waals surface area contributed by atoms with E-state index in [9.17, 15) is 4.79 Å². The van der Waals surface area contributed by atoms with Gasteiger partial charge in [-0.2, -0.15) is 5.10 Å². The molecule has 1 N–H and O–H groups in total. The third kappa shape index (κ3) is 7.18. The van der Waals surface area contributed by atoms with Crippen LogP contribution in [0, 0.1) is 0 Å². The molecule has 0 saturated carbocycles. The Morgan fingerprint density at radius 1 is 0.875 bits per heavy atom. The highest BCUT2D eigenvalue weighted by Gasteiger charge is 2.19. The quantitative estimate of drug-likeness (QED) is 0.147. The highest BCUT2D eigenvalue weighted by atomic mass is 32.2. The molecule has 0 unspecified atom stereocenters. The van der Waals surface area contributed by atoms with E-state index in [0.29, 0.717) is 11.0 Å². The van der Waals surface area contributed by atoms with Crippen LogP contribution < -0.4 is 10.2 Å². The van der Waals surface area contributed by atoms with Crippen molar-refractivity contribution in [1.82, 2.24) is 20.2 Å². The minimum absolute atomic E-state index is 0.0505. The normalized spacial score (nSPS) is 12.1. The Hall–Kier alpha value is -3.91. The summed E-state index contributed by atoms with van der Waals surface area (Å²) in [6.07, 6.45) is 1.65. The van der Waals surface area contributed by atoms with Crippen LogP contribution in [0.25, 0.3) is 17.1 Å². The summed E-state index contributed by atoms with van der Waals surface area (Å²) in [6.45, 7) is 13.1. The first-order valence-electron chi connectivity index (χ1n) is 13.2. The zero-order valence-corrected chi connectivity index (χ0v) is 25.0. The van der Waals surface area contributed by atoms with E-state index in [1.807, 2.05) is 41.0 Å². The van der Waals surface area contributed by atoms with Crippen molar-refractivity contribution in [3.05, 3.63) is 89.5 Å². The summed E-state index contributed by atoms with van der Waals surface area (Å²) in [5.74, 6) is 1.36. The van der Waals surface area contributed by atoms with Crippen LogP contribution in [0.1, 0.15) is 58.2 Å². The number of aromatic nitrogens is 3. The van der Waals surface area contributed by atoms with Crippen LogP contribution in [0.4, 0.5) is 0 Å². The van der Waals surface area contributed by atoms with Crippen LogP contribution in [0.5, 0.6) is 5.75 Å². The van der Waals surface area contributed by atoms with Crippen molar-refractivity contribution >= 4 is 23.9 Å². The predicted octanol–water partition coefficient (Wildman–Crippen LogP) is 6.78. The van der Waals surface area contributed by atoms with Crippen molar-refractivity contribution in [2.75, 3.05) is 12.9 Å². The van der Waals surface area contributed by atoms with Crippen molar-refractivity contribution in [3.8, 4) is 22.8 Å². The molecule has 8 heteroatoms. The van der Waals surface area contributed by atoms with Crippen molar-refractivity contribution in [2.45, 2.75) is 57.5 Å². The highest BCUT2D eigenvalue weighted by molar-refractivity contribution is 7.99.